The minimum absolute atomic E-state index is 0.301. The molecule has 0 bridgehead atoms. The molecule has 1 aromatic carbocycles. The summed E-state index contributed by atoms with van der Waals surface area (Å²) in [5.41, 5.74) is 1.26. The third-order valence-electron chi connectivity index (χ3n) is 2.61. The predicted molar refractivity (Wildman–Crippen MR) is 70.1 cm³/mol. The number of rotatable bonds is 4. The van der Waals surface area contributed by atoms with Crippen LogP contribution in [0.2, 0.25) is 0 Å². The van der Waals surface area contributed by atoms with Crippen molar-refractivity contribution in [2.24, 2.45) is 0 Å². The first kappa shape index (κ1) is 12.8. The Hall–Kier alpha value is -0.620. The second-order valence-electron chi connectivity index (χ2n) is 3.79. The highest BCUT2D eigenvalue weighted by atomic mass is 79.9. The Morgan fingerprint density at radius 3 is 2.88 bits per heavy atom. The van der Waals surface area contributed by atoms with Gasteiger partial charge in [0.25, 0.3) is 0 Å². The number of nitrogens with zero attached hydrogens (tertiary/aromatic N) is 1. The molecule has 6 heteroatoms. The van der Waals surface area contributed by atoms with Crippen molar-refractivity contribution in [1.29, 1.82) is 0 Å². The third-order valence-corrected chi connectivity index (χ3v) is 3.32. The maximum atomic E-state index is 9.98. The van der Waals surface area contributed by atoms with E-state index in [4.69, 9.17) is 11.6 Å². The lowest BCUT2D eigenvalue weighted by atomic mass is 10.1. The van der Waals surface area contributed by atoms with Crippen LogP contribution in [0.1, 0.15) is 18.2 Å². The molecule has 17 heavy (non-hydrogen) atoms. The molecule has 2 rings (SSSR count). The number of hydrogen-bond donors (Lipinski definition) is 3. The van der Waals surface area contributed by atoms with Crippen molar-refractivity contribution in [2.75, 3.05) is 5.88 Å². The van der Waals surface area contributed by atoms with Gasteiger partial charge in [0.05, 0.1) is 17.3 Å². The van der Waals surface area contributed by atoms with Gasteiger partial charge in [0.2, 0.25) is 0 Å². The molecule has 0 radical (unpaired) electrons. The van der Waals surface area contributed by atoms with Crippen LogP contribution in [0.25, 0.3) is 10.9 Å². The number of alkyl halides is 1. The van der Waals surface area contributed by atoms with Gasteiger partial charge in [0, 0.05) is 15.7 Å². The Morgan fingerprint density at radius 2 is 2.18 bits per heavy atom. The molecule has 2 aromatic rings. The van der Waals surface area contributed by atoms with Crippen LogP contribution in [0.5, 0.6) is 0 Å². The lowest BCUT2D eigenvalue weighted by Gasteiger charge is -2.15. The molecule has 1 aromatic heterocycles. The predicted octanol–water partition coefficient (Wildman–Crippen LogP) is 2.35. The van der Waals surface area contributed by atoms with Crippen molar-refractivity contribution in [3.8, 4) is 0 Å². The Morgan fingerprint density at radius 1 is 1.41 bits per heavy atom. The average molecular weight is 320 g/mol. The number of nitrogens with one attached hydrogen (secondary N) is 1. The van der Waals surface area contributed by atoms with Crippen molar-refractivity contribution in [2.45, 2.75) is 18.6 Å². The van der Waals surface area contributed by atoms with Crippen LogP contribution in [-0.4, -0.2) is 32.4 Å². The molecule has 0 saturated carbocycles. The van der Waals surface area contributed by atoms with Crippen molar-refractivity contribution in [3.05, 3.63) is 28.4 Å². The zero-order valence-corrected chi connectivity index (χ0v) is 11.2. The van der Waals surface area contributed by atoms with Crippen LogP contribution in [0.15, 0.2) is 22.7 Å². The number of benzene rings is 1. The molecule has 3 N–H and O–H groups in total. The lowest BCUT2D eigenvalue weighted by Crippen LogP contribution is -2.19. The molecule has 2 atom stereocenters. The average Bonchev–Trinajstić information content (AvgIpc) is 2.71. The highest BCUT2D eigenvalue weighted by Gasteiger charge is 2.21. The minimum Gasteiger partial charge on any atom is -0.390 e. The molecule has 0 amide bonds. The van der Waals surface area contributed by atoms with E-state index >= 15 is 0 Å². The first-order valence-electron chi connectivity index (χ1n) is 5.19. The standard InChI is InChI=1S/C11H12BrClN2O2/c12-6-1-2-7-8(5-6)14-15-10(7)11(17)9(16)3-4-13/h1-2,5,9,11,16-17H,3-4H2,(H,14,15). The summed E-state index contributed by atoms with van der Waals surface area (Å²) in [4.78, 5) is 0. The molecule has 0 aliphatic carbocycles. The van der Waals surface area contributed by atoms with Crippen LogP contribution < -0.4 is 0 Å². The summed E-state index contributed by atoms with van der Waals surface area (Å²) in [5.74, 6) is 0.301. The molecule has 1 heterocycles. The van der Waals surface area contributed by atoms with Crippen molar-refractivity contribution in [1.82, 2.24) is 10.2 Å². The van der Waals surface area contributed by atoms with E-state index in [1.54, 1.807) is 0 Å². The molecule has 0 saturated heterocycles. The number of aromatic amines is 1. The number of aliphatic hydroxyl groups is 2. The van der Waals surface area contributed by atoms with E-state index in [0.29, 0.717) is 18.0 Å². The Kier molecular flexibility index (Phi) is 4.04. The second-order valence-corrected chi connectivity index (χ2v) is 5.08. The third kappa shape index (κ3) is 2.63. The minimum atomic E-state index is -1.00. The maximum Gasteiger partial charge on any atom is 0.122 e. The summed E-state index contributed by atoms with van der Waals surface area (Å²) in [6.07, 6.45) is -1.56. The van der Waals surface area contributed by atoms with E-state index in [9.17, 15) is 10.2 Å². The maximum absolute atomic E-state index is 9.98. The molecule has 0 aliphatic heterocycles. The van der Waals surface area contributed by atoms with Crippen LogP contribution in [0.4, 0.5) is 0 Å². The molecule has 2 unspecified atom stereocenters. The normalized spacial score (nSPS) is 15.1. The Bertz CT molecular complexity index is 517. The van der Waals surface area contributed by atoms with Crippen LogP contribution in [0.3, 0.4) is 0 Å². The molecule has 4 nitrogen and oxygen atoms in total. The first-order valence-corrected chi connectivity index (χ1v) is 6.52. The molecule has 0 spiro atoms. The van der Waals surface area contributed by atoms with Gasteiger partial charge in [-0.25, -0.2) is 0 Å². The van der Waals surface area contributed by atoms with E-state index in [0.717, 1.165) is 15.4 Å². The molecular weight excluding hydrogens is 307 g/mol. The number of aliphatic hydroxyl groups excluding tert-OH is 2. The van der Waals surface area contributed by atoms with Crippen LogP contribution in [0, 0.1) is 0 Å². The van der Waals surface area contributed by atoms with Gasteiger partial charge in [0.1, 0.15) is 6.10 Å². The van der Waals surface area contributed by atoms with E-state index in [-0.39, 0.29) is 0 Å². The summed E-state index contributed by atoms with van der Waals surface area (Å²) in [7, 11) is 0. The van der Waals surface area contributed by atoms with Gasteiger partial charge >= 0.3 is 0 Å². The van der Waals surface area contributed by atoms with Gasteiger partial charge in [-0.2, -0.15) is 5.10 Å². The van der Waals surface area contributed by atoms with Gasteiger partial charge in [-0.15, -0.1) is 11.6 Å². The fourth-order valence-electron chi connectivity index (χ4n) is 1.69. The van der Waals surface area contributed by atoms with Crippen molar-refractivity contribution >= 4 is 38.4 Å². The van der Waals surface area contributed by atoms with Gasteiger partial charge in [0.15, 0.2) is 0 Å². The first-order chi connectivity index (χ1) is 8.13. The zero-order valence-electron chi connectivity index (χ0n) is 8.90. The fraction of sp³-hybridized carbons (Fsp3) is 0.364. The number of aromatic nitrogens is 2. The topological polar surface area (TPSA) is 69.1 Å². The van der Waals surface area contributed by atoms with Crippen LogP contribution >= 0.6 is 27.5 Å². The SMILES string of the molecule is OC(CCCl)C(O)c1[nH]nc2cc(Br)ccc12. The smallest absolute Gasteiger partial charge is 0.122 e. The summed E-state index contributed by atoms with van der Waals surface area (Å²) >= 11 is 8.89. The molecule has 0 aliphatic rings. The number of hydrogen-bond acceptors (Lipinski definition) is 3. The monoisotopic (exact) mass is 318 g/mol. The van der Waals surface area contributed by atoms with E-state index < -0.39 is 12.2 Å². The summed E-state index contributed by atoms with van der Waals surface area (Å²) < 4.78 is 0.916. The van der Waals surface area contributed by atoms with Gasteiger partial charge in [-0.05, 0) is 24.6 Å². The van der Waals surface area contributed by atoms with Gasteiger partial charge in [-0.3, -0.25) is 5.10 Å². The second kappa shape index (κ2) is 5.35. The fourth-order valence-corrected chi connectivity index (χ4v) is 2.27. The van der Waals surface area contributed by atoms with Crippen LogP contribution in [-0.2, 0) is 0 Å². The summed E-state index contributed by atoms with van der Waals surface area (Å²) in [6.45, 7) is 0. The molecule has 0 fully saturated rings. The van der Waals surface area contributed by atoms with E-state index in [1.165, 1.54) is 0 Å². The number of halogens is 2. The lowest BCUT2D eigenvalue weighted by molar-refractivity contribution is 0.0152. The van der Waals surface area contributed by atoms with E-state index in [2.05, 4.69) is 26.1 Å². The summed E-state index contributed by atoms with van der Waals surface area (Å²) in [6, 6.07) is 5.55. The van der Waals surface area contributed by atoms with Crippen molar-refractivity contribution < 1.29 is 10.2 Å². The molecular formula is C11H12BrClN2O2. The number of H-pyrrole nitrogens is 1. The molecule has 92 valence electrons. The zero-order chi connectivity index (χ0) is 12.4. The van der Waals surface area contributed by atoms with E-state index in [1.807, 2.05) is 18.2 Å². The van der Waals surface area contributed by atoms with Gasteiger partial charge in [-0.1, -0.05) is 15.9 Å². The highest BCUT2D eigenvalue weighted by molar-refractivity contribution is 9.10. The van der Waals surface area contributed by atoms with Crippen molar-refractivity contribution in [3.63, 3.8) is 0 Å². The quantitative estimate of drug-likeness (QED) is 0.758. The largest absolute Gasteiger partial charge is 0.390 e. The Balaban J connectivity index is 2.35. The van der Waals surface area contributed by atoms with Gasteiger partial charge < -0.3 is 10.2 Å². The highest BCUT2D eigenvalue weighted by Crippen LogP contribution is 2.27. The Labute approximate surface area is 112 Å². The number of fused-ring (bicyclic) bond motifs is 1. The summed E-state index contributed by atoms with van der Waals surface area (Å²) in [5, 5.41) is 27.3.